The third-order valence-corrected chi connectivity index (χ3v) is 2.84. The average molecular weight is 273 g/mol. The van der Waals surface area contributed by atoms with Gasteiger partial charge < -0.3 is 9.84 Å². The molecule has 0 aliphatic carbocycles. The highest BCUT2D eigenvalue weighted by atomic mass is 19.4. The maximum atomic E-state index is 13.2. The van der Waals surface area contributed by atoms with Crippen molar-refractivity contribution in [3.8, 4) is 5.75 Å². The number of rotatable bonds is 2. The van der Waals surface area contributed by atoms with Gasteiger partial charge in [-0.2, -0.15) is 13.2 Å². The van der Waals surface area contributed by atoms with E-state index in [4.69, 9.17) is 9.84 Å². The van der Waals surface area contributed by atoms with E-state index in [0.717, 1.165) is 13.1 Å². The number of fused-ring (bicyclic) bond motifs is 1. The lowest BCUT2D eigenvalue weighted by Gasteiger charge is -2.38. The SMILES string of the molecule is CNC1(C(F)(F)F)Oc2ccccc2C=C1C(=O)O. The summed E-state index contributed by atoms with van der Waals surface area (Å²) in [6.45, 7) is 0. The van der Waals surface area contributed by atoms with Gasteiger partial charge in [0.15, 0.2) is 0 Å². The Balaban J connectivity index is 2.67. The van der Waals surface area contributed by atoms with Gasteiger partial charge in [-0.3, -0.25) is 5.32 Å². The first-order valence-corrected chi connectivity index (χ1v) is 5.31. The van der Waals surface area contributed by atoms with Crippen LogP contribution in [0, 0.1) is 0 Å². The number of halogens is 3. The number of likely N-dealkylation sites (N-methyl/N-ethyl adjacent to an activating group) is 1. The van der Waals surface area contributed by atoms with Crippen molar-refractivity contribution in [3.05, 3.63) is 35.4 Å². The number of nitrogens with one attached hydrogen (secondary N) is 1. The number of ether oxygens (including phenoxy) is 1. The molecule has 0 amide bonds. The number of carbonyl (C=O) groups is 1. The summed E-state index contributed by atoms with van der Waals surface area (Å²) in [6.07, 6.45) is -3.95. The molecule has 0 saturated heterocycles. The van der Waals surface area contributed by atoms with Gasteiger partial charge in [-0.1, -0.05) is 18.2 Å². The molecule has 1 aliphatic rings. The van der Waals surface area contributed by atoms with Crippen molar-refractivity contribution in [1.82, 2.24) is 5.32 Å². The van der Waals surface area contributed by atoms with Crippen molar-refractivity contribution >= 4 is 12.0 Å². The highest BCUT2D eigenvalue weighted by molar-refractivity contribution is 5.96. The molecule has 4 nitrogen and oxygen atoms in total. The van der Waals surface area contributed by atoms with Crippen LogP contribution in [-0.4, -0.2) is 30.0 Å². The van der Waals surface area contributed by atoms with E-state index in [9.17, 15) is 18.0 Å². The zero-order valence-corrected chi connectivity index (χ0v) is 9.78. The number of hydrogen-bond donors (Lipinski definition) is 2. The number of alkyl halides is 3. The van der Waals surface area contributed by atoms with Gasteiger partial charge in [-0.25, -0.2) is 4.79 Å². The first-order chi connectivity index (χ1) is 8.82. The van der Waals surface area contributed by atoms with Crippen LogP contribution in [0.3, 0.4) is 0 Å². The highest BCUT2D eigenvalue weighted by Crippen LogP contribution is 2.43. The second kappa shape index (κ2) is 4.27. The van der Waals surface area contributed by atoms with Crippen molar-refractivity contribution in [2.45, 2.75) is 11.9 Å². The van der Waals surface area contributed by atoms with E-state index >= 15 is 0 Å². The minimum atomic E-state index is -4.92. The van der Waals surface area contributed by atoms with Crippen LogP contribution in [0.1, 0.15) is 5.56 Å². The van der Waals surface area contributed by atoms with Crippen LogP contribution in [0.2, 0.25) is 0 Å². The van der Waals surface area contributed by atoms with Gasteiger partial charge in [-0.15, -0.1) is 0 Å². The minimum Gasteiger partial charge on any atom is -0.478 e. The van der Waals surface area contributed by atoms with Crippen molar-refractivity contribution in [3.63, 3.8) is 0 Å². The lowest BCUT2D eigenvalue weighted by Crippen LogP contribution is -2.63. The van der Waals surface area contributed by atoms with Crippen LogP contribution >= 0.6 is 0 Å². The fourth-order valence-corrected chi connectivity index (χ4v) is 1.92. The summed E-state index contributed by atoms with van der Waals surface area (Å²) < 4.78 is 44.6. The maximum Gasteiger partial charge on any atom is 0.447 e. The molecule has 1 atom stereocenters. The Morgan fingerprint density at radius 1 is 1.37 bits per heavy atom. The second-order valence-corrected chi connectivity index (χ2v) is 3.93. The van der Waals surface area contributed by atoms with E-state index in [1.54, 1.807) is 6.07 Å². The van der Waals surface area contributed by atoms with Crippen molar-refractivity contribution in [2.24, 2.45) is 0 Å². The molecule has 7 heteroatoms. The number of benzene rings is 1. The number of hydrogen-bond acceptors (Lipinski definition) is 3. The van der Waals surface area contributed by atoms with Gasteiger partial charge in [0.2, 0.25) is 0 Å². The molecule has 19 heavy (non-hydrogen) atoms. The van der Waals surface area contributed by atoms with Crippen molar-refractivity contribution in [2.75, 3.05) is 7.05 Å². The zero-order valence-electron chi connectivity index (χ0n) is 9.78. The van der Waals surface area contributed by atoms with E-state index in [2.05, 4.69) is 0 Å². The summed E-state index contributed by atoms with van der Waals surface area (Å²) in [6, 6.07) is 5.92. The Labute approximate surface area is 106 Å². The Morgan fingerprint density at radius 2 is 2.00 bits per heavy atom. The Morgan fingerprint density at radius 3 is 2.53 bits per heavy atom. The third-order valence-electron chi connectivity index (χ3n) is 2.84. The van der Waals surface area contributed by atoms with Crippen LogP contribution in [0.4, 0.5) is 13.2 Å². The molecule has 0 saturated carbocycles. The summed E-state index contributed by atoms with van der Waals surface area (Å²) in [5, 5.41) is 10.9. The summed E-state index contributed by atoms with van der Waals surface area (Å²) in [4.78, 5) is 11.1. The van der Waals surface area contributed by atoms with E-state index < -0.39 is 23.4 Å². The van der Waals surface area contributed by atoms with E-state index in [-0.39, 0.29) is 11.3 Å². The van der Waals surface area contributed by atoms with Gasteiger partial charge in [0, 0.05) is 5.56 Å². The number of carboxylic acid groups (broad SMARTS) is 1. The molecule has 1 heterocycles. The Bertz CT molecular complexity index is 553. The largest absolute Gasteiger partial charge is 0.478 e. The molecular weight excluding hydrogens is 263 g/mol. The van der Waals surface area contributed by atoms with E-state index in [1.165, 1.54) is 18.2 Å². The first-order valence-electron chi connectivity index (χ1n) is 5.31. The lowest BCUT2D eigenvalue weighted by atomic mass is 9.95. The fourth-order valence-electron chi connectivity index (χ4n) is 1.92. The molecule has 1 unspecified atom stereocenters. The van der Waals surface area contributed by atoms with Crippen LogP contribution in [0.5, 0.6) is 5.75 Å². The van der Waals surface area contributed by atoms with Gasteiger partial charge in [0.1, 0.15) is 11.3 Å². The molecule has 2 rings (SSSR count). The average Bonchev–Trinajstić information content (AvgIpc) is 2.35. The summed E-state index contributed by atoms with van der Waals surface area (Å²) in [5.41, 5.74) is -3.66. The smallest absolute Gasteiger partial charge is 0.447 e. The van der Waals surface area contributed by atoms with Crippen LogP contribution in [-0.2, 0) is 4.79 Å². The fraction of sp³-hybridized carbons (Fsp3) is 0.250. The summed E-state index contributed by atoms with van der Waals surface area (Å²) in [7, 11) is 0.998. The zero-order chi connectivity index (χ0) is 14.3. The molecule has 0 spiro atoms. The van der Waals surface area contributed by atoms with Crippen molar-refractivity contribution in [1.29, 1.82) is 0 Å². The van der Waals surface area contributed by atoms with Crippen LogP contribution in [0.25, 0.3) is 6.08 Å². The molecule has 0 aromatic heterocycles. The van der Waals surface area contributed by atoms with E-state index in [0.29, 0.717) is 0 Å². The molecule has 0 fully saturated rings. The molecule has 0 radical (unpaired) electrons. The molecule has 1 aromatic carbocycles. The van der Waals surface area contributed by atoms with Gasteiger partial charge in [0.25, 0.3) is 5.72 Å². The molecule has 0 bridgehead atoms. The molecule has 2 N–H and O–H groups in total. The normalized spacial score (nSPS) is 22.2. The number of aliphatic carboxylic acids is 1. The summed E-state index contributed by atoms with van der Waals surface area (Å²) >= 11 is 0. The first kappa shape index (κ1) is 13.4. The predicted octanol–water partition coefficient (Wildman–Crippen LogP) is 2.02. The van der Waals surface area contributed by atoms with Crippen LogP contribution in [0.15, 0.2) is 29.8 Å². The van der Waals surface area contributed by atoms with Crippen molar-refractivity contribution < 1.29 is 27.8 Å². The van der Waals surface area contributed by atoms with Gasteiger partial charge in [0.05, 0.1) is 0 Å². The molecule has 1 aliphatic heterocycles. The molecule has 102 valence electrons. The second-order valence-electron chi connectivity index (χ2n) is 3.93. The summed E-state index contributed by atoms with van der Waals surface area (Å²) in [5.74, 6) is -1.72. The topological polar surface area (TPSA) is 58.6 Å². The molecule has 1 aromatic rings. The number of carboxylic acids is 1. The molecular formula is C12H10F3NO3. The van der Waals surface area contributed by atoms with Gasteiger partial charge >= 0.3 is 12.1 Å². The predicted molar refractivity (Wildman–Crippen MR) is 60.5 cm³/mol. The standard InChI is InChI=1S/C12H10F3NO3/c1-16-11(12(13,14)15)8(10(17)18)6-7-4-2-3-5-9(7)19-11/h2-6,16H,1H3,(H,17,18). The quantitative estimate of drug-likeness (QED) is 0.865. The van der Waals surface area contributed by atoms with E-state index in [1.807, 2.05) is 5.32 Å². The minimum absolute atomic E-state index is 0.0285. The maximum absolute atomic E-state index is 13.2. The Hall–Kier alpha value is -2.02. The van der Waals surface area contributed by atoms with Gasteiger partial charge in [-0.05, 0) is 19.2 Å². The Kier molecular flexibility index (Phi) is 3.01. The highest BCUT2D eigenvalue weighted by Gasteiger charge is 2.62. The third kappa shape index (κ3) is 1.95. The lowest BCUT2D eigenvalue weighted by molar-refractivity contribution is -0.244. The monoisotopic (exact) mass is 273 g/mol. The van der Waals surface area contributed by atoms with Crippen LogP contribution < -0.4 is 10.1 Å². The number of para-hydroxylation sites is 1.